The van der Waals surface area contributed by atoms with Gasteiger partial charge in [-0.15, -0.1) is 0 Å². The fraction of sp³-hybridized carbons (Fsp3) is 0.250. The maximum absolute atomic E-state index is 12.6. The number of carbonyl (C=O) groups excluding carboxylic acids is 1. The smallest absolute Gasteiger partial charge is 0.350 e. The standard InChI is InChI=1S/C24H24ClNO3.ClH/c1-3-24(2,23(27)28-17-20-5-4-14-26-16-20)29-22-12-8-19(9-13-22)15-18-6-10-21(25)11-7-18;/h4-14,16H,3,15,17H2,1-2H3;1H. The molecule has 0 aliphatic heterocycles. The number of nitrogens with one attached hydrogen (secondary N) is 1. The molecule has 0 aliphatic carbocycles. The van der Waals surface area contributed by atoms with E-state index < -0.39 is 5.60 Å². The van der Waals surface area contributed by atoms with E-state index in [1.54, 1.807) is 19.3 Å². The van der Waals surface area contributed by atoms with Crippen LogP contribution in [0.2, 0.25) is 5.02 Å². The first-order valence-corrected chi connectivity index (χ1v) is 10.0. The van der Waals surface area contributed by atoms with Crippen molar-refractivity contribution in [2.24, 2.45) is 0 Å². The molecular formula is C24H25Cl2NO3. The first-order chi connectivity index (χ1) is 14.0. The number of ether oxygens (including phenoxy) is 2. The van der Waals surface area contributed by atoms with Gasteiger partial charge in [-0.1, -0.05) is 42.8 Å². The molecule has 0 spiro atoms. The average Bonchev–Trinajstić information content (AvgIpc) is 2.75. The van der Waals surface area contributed by atoms with Crippen LogP contribution < -0.4 is 22.1 Å². The number of rotatable bonds is 8. The Hall–Kier alpha value is -2.56. The third kappa shape index (κ3) is 6.48. The minimum Gasteiger partial charge on any atom is -1.00 e. The Morgan fingerprint density at radius 2 is 1.63 bits per heavy atom. The van der Waals surface area contributed by atoms with Crippen molar-refractivity contribution >= 4 is 17.6 Å². The van der Waals surface area contributed by atoms with Crippen LogP contribution in [0, 0.1) is 0 Å². The average molecular weight is 446 g/mol. The van der Waals surface area contributed by atoms with Crippen LogP contribution in [0.3, 0.4) is 0 Å². The summed E-state index contributed by atoms with van der Waals surface area (Å²) in [6.07, 6.45) is 4.91. The lowest BCUT2D eigenvalue weighted by Crippen LogP contribution is -3.00. The number of H-pyrrole nitrogens is 1. The molecule has 1 heterocycles. The quantitative estimate of drug-likeness (QED) is 0.498. The molecule has 6 heteroatoms. The molecule has 0 aliphatic rings. The molecule has 1 aromatic heterocycles. The predicted molar refractivity (Wildman–Crippen MR) is 113 cm³/mol. The van der Waals surface area contributed by atoms with Crippen molar-refractivity contribution in [1.29, 1.82) is 0 Å². The molecule has 4 nitrogen and oxygen atoms in total. The number of halogens is 2. The summed E-state index contributed by atoms with van der Waals surface area (Å²) in [4.78, 5) is 15.6. The van der Waals surface area contributed by atoms with Gasteiger partial charge in [0.15, 0.2) is 12.4 Å². The van der Waals surface area contributed by atoms with Gasteiger partial charge in [-0.2, -0.15) is 0 Å². The molecule has 1 atom stereocenters. The molecule has 0 amide bonds. The fourth-order valence-electron chi connectivity index (χ4n) is 2.85. The minimum atomic E-state index is -1.05. The summed E-state index contributed by atoms with van der Waals surface area (Å²) in [5.74, 6) is 0.258. The number of aromatic amines is 1. The highest BCUT2D eigenvalue weighted by atomic mass is 35.5. The molecule has 0 fully saturated rings. The van der Waals surface area contributed by atoms with E-state index in [9.17, 15) is 4.79 Å². The van der Waals surface area contributed by atoms with Crippen LogP contribution in [-0.2, 0) is 22.6 Å². The molecule has 1 N–H and O–H groups in total. The lowest BCUT2D eigenvalue weighted by atomic mass is 10.0. The fourth-order valence-corrected chi connectivity index (χ4v) is 2.98. The summed E-state index contributed by atoms with van der Waals surface area (Å²) in [5, 5.41) is 0.730. The summed E-state index contributed by atoms with van der Waals surface area (Å²) < 4.78 is 11.5. The molecule has 3 rings (SSSR count). The Morgan fingerprint density at radius 1 is 1.00 bits per heavy atom. The topological polar surface area (TPSA) is 49.7 Å². The van der Waals surface area contributed by atoms with E-state index >= 15 is 0 Å². The van der Waals surface area contributed by atoms with E-state index in [4.69, 9.17) is 21.1 Å². The predicted octanol–water partition coefficient (Wildman–Crippen LogP) is 2.04. The molecule has 0 saturated carbocycles. The molecule has 30 heavy (non-hydrogen) atoms. The van der Waals surface area contributed by atoms with Gasteiger partial charge >= 0.3 is 5.97 Å². The summed E-state index contributed by atoms with van der Waals surface area (Å²) in [6, 6.07) is 19.4. The normalized spacial score (nSPS) is 12.4. The molecular weight excluding hydrogens is 421 g/mol. The summed E-state index contributed by atoms with van der Waals surface area (Å²) in [5.41, 5.74) is 2.19. The maximum atomic E-state index is 12.6. The van der Waals surface area contributed by atoms with Crippen molar-refractivity contribution in [2.75, 3.05) is 0 Å². The summed E-state index contributed by atoms with van der Waals surface area (Å²) in [7, 11) is 0. The lowest BCUT2D eigenvalue weighted by molar-refractivity contribution is -0.379. The van der Waals surface area contributed by atoms with Gasteiger partial charge in [0, 0.05) is 11.1 Å². The Bertz CT molecular complexity index is 931. The number of hydrogen-bond acceptors (Lipinski definition) is 3. The van der Waals surface area contributed by atoms with E-state index in [-0.39, 0.29) is 25.0 Å². The summed E-state index contributed by atoms with van der Waals surface area (Å²) >= 11 is 5.94. The first kappa shape index (κ1) is 23.7. The zero-order valence-corrected chi connectivity index (χ0v) is 18.5. The largest absolute Gasteiger partial charge is 1.00 e. The number of aromatic nitrogens is 1. The minimum absolute atomic E-state index is 0. The van der Waals surface area contributed by atoms with Gasteiger partial charge in [0.05, 0.1) is 5.56 Å². The molecule has 2 aromatic carbocycles. The van der Waals surface area contributed by atoms with Crippen LogP contribution in [0.15, 0.2) is 73.1 Å². The summed E-state index contributed by atoms with van der Waals surface area (Å²) in [6.45, 7) is 3.87. The number of benzene rings is 2. The van der Waals surface area contributed by atoms with Crippen molar-refractivity contribution in [2.45, 2.75) is 38.9 Å². The van der Waals surface area contributed by atoms with E-state index in [1.807, 2.05) is 67.6 Å². The van der Waals surface area contributed by atoms with Crippen LogP contribution >= 0.6 is 11.6 Å². The van der Waals surface area contributed by atoms with Crippen molar-refractivity contribution in [3.63, 3.8) is 0 Å². The van der Waals surface area contributed by atoms with Crippen molar-refractivity contribution in [3.05, 3.63) is 94.8 Å². The number of esters is 1. The van der Waals surface area contributed by atoms with Crippen LogP contribution in [0.4, 0.5) is 0 Å². The van der Waals surface area contributed by atoms with Crippen LogP contribution in [0.5, 0.6) is 5.75 Å². The van der Waals surface area contributed by atoms with Crippen molar-refractivity contribution in [1.82, 2.24) is 0 Å². The number of carbonyl (C=O) groups is 1. The lowest BCUT2D eigenvalue weighted by Gasteiger charge is -2.27. The second kappa shape index (κ2) is 11.0. The zero-order chi connectivity index (χ0) is 20.7. The molecule has 0 bridgehead atoms. The number of pyridine rings is 1. The van der Waals surface area contributed by atoms with Gasteiger partial charge in [0.25, 0.3) is 0 Å². The molecule has 3 aromatic rings. The van der Waals surface area contributed by atoms with Gasteiger partial charge in [-0.25, -0.2) is 9.78 Å². The highest BCUT2D eigenvalue weighted by Crippen LogP contribution is 2.24. The molecule has 0 saturated heterocycles. The second-order valence-corrected chi connectivity index (χ2v) is 7.56. The Labute approximate surface area is 188 Å². The maximum Gasteiger partial charge on any atom is 0.350 e. The van der Waals surface area contributed by atoms with Crippen LogP contribution in [-0.4, -0.2) is 11.6 Å². The van der Waals surface area contributed by atoms with E-state index in [0.717, 1.165) is 22.6 Å². The Balaban J connectivity index is 0.00000320. The Kier molecular flexibility index (Phi) is 8.70. The van der Waals surface area contributed by atoms with Gasteiger partial charge in [0.1, 0.15) is 12.4 Å². The molecule has 1 unspecified atom stereocenters. The second-order valence-electron chi connectivity index (χ2n) is 7.12. The third-order valence-electron chi connectivity index (χ3n) is 4.84. The van der Waals surface area contributed by atoms with Gasteiger partial charge in [-0.3, -0.25) is 0 Å². The van der Waals surface area contributed by atoms with E-state index in [0.29, 0.717) is 12.2 Å². The van der Waals surface area contributed by atoms with Gasteiger partial charge < -0.3 is 21.9 Å². The Morgan fingerprint density at radius 3 is 2.20 bits per heavy atom. The van der Waals surface area contributed by atoms with E-state index in [1.165, 1.54) is 5.56 Å². The van der Waals surface area contributed by atoms with Crippen LogP contribution in [0.1, 0.15) is 37.0 Å². The van der Waals surface area contributed by atoms with Crippen molar-refractivity contribution < 1.29 is 31.7 Å². The first-order valence-electron chi connectivity index (χ1n) is 9.63. The SMILES string of the molecule is CCC(C)(Oc1ccc(Cc2ccc(Cl)cc2)cc1)C(=O)OCc1ccc[nH+]c1.[Cl-]. The highest BCUT2D eigenvalue weighted by Gasteiger charge is 2.35. The van der Waals surface area contributed by atoms with Gasteiger partial charge in [-0.05, 0) is 61.2 Å². The highest BCUT2D eigenvalue weighted by molar-refractivity contribution is 6.30. The van der Waals surface area contributed by atoms with E-state index in [2.05, 4.69) is 4.98 Å². The molecule has 0 radical (unpaired) electrons. The zero-order valence-electron chi connectivity index (χ0n) is 17.0. The monoisotopic (exact) mass is 445 g/mol. The number of hydrogen-bond donors (Lipinski definition) is 0. The third-order valence-corrected chi connectivity index (χ3v) is 5.09. The van der Waals surface area contributed by atoms with Crippen LogP contribution in [0.25, 0.3) is 0 Å². The van der Waals surface area contributed by atoms with Crippen molar-refractivity contribution in [3.8, 4) is 5.75 Å². The van der Waals surface area contributed by atoms with Gasteiger partial charge in [0.2, 0.25) is 5.60 Å². The molecule has 158 valence electrons.